The van der Waals surface area contributed by atoms with E-state index in [2.05, 4.69) is 11.9 Å². The number of rotatable bonds is 6. The van der Waals surface area contributed by atoms with Crippen LogP contribution in [-0.4, -0.2) is 18.6 Å². The third-order valence-corrected chi connectivity index (χ3v) is 1.53. The van der Waals surface area contributed by atoms with Crippen LogP contribution in [0.1, 0.15) is 0 Å². The highest BCUT2D eigenvalue weighted by molar-refractivity contribution is 5.70. The van der Waals surface area contributed by atoms with Crippen LogP contribution < -0.4 is 16.8 Å². The minimum atomic E-state index is -0.889. The van der Waals surface area contributed by atoms with Gasteiger partial charge in [-0.3, -0.25) is 0 Å². The van der Waals surface area contributed by atoms with E-state index in [0.29, 0.717) is 18.3 Å². The molecule has 5 heteroatoms. The highest BCUT2D eigenvalue weighted by atomic mass is 16.1. The van der Waals surface area contributed by atoms with Gasteiger partial charge in [0.25, 0.3) is 0 Å². The first-order valence-electron chi connectivity index (χ1n) is 3.66. The maximum absolute atomic E-state index is 10.6. The molecule has 0 aliphatic carbocycles. The summed E-state index contributed by atoms with van der Waals surface area (Å²) < 4.78 is 0. The number of aldehydes is 2. The van der Waals surface area contributed by atoms with Crippen LogP contribution >= 0.6 is 0 Å². The molecular formula is C8H13N3O2. The highest BCUT2D eigenvalue weighted by Crippen LogP contribution is 2.06. The number of hydrogen-bond acceptors (Lipinski definition) is 5. The Morgan fingerprint density at radius 3 is 2.31 bits per heavy atom. The molecule has 0 aliphatic heterocycles. The van der Waals surface area contributed by atoms with Crippen molar-refractivity contribution >= 4 is 12.6 Å². The summed E-state index contributed by atoms with van der Waals surface area (Å²) in [6.45, 7) is 3.40. The van der Waals surface area contributed by atoms with Crippen LogP contribution in [-0.2, 0) is 9.59 Å². The number of carbonyl (C=O) groups excluding carboxylic acids is 2. The number of carbonyl (C=O) groups is 2. The summed E-state index contributed by atoms with van der Waals surface area (Å²) in [5.74, 6) is -0.750. The monoisotopic (exact) mass is 183 g/mol. The first-order chi connectivity index (χ1) is 6.21. The van der Waals surface area contributed by atoms with Crippen LogP contribution in [0.2, 0.25) is 0 Å². The van der Waals surface area contributed by atoms with Gasteiger partial charge in [0, 0.05) is 11.9 Å². The minimum Gasteiger partial charge on any atom is -0.403 e. The van der Waals surface area contributed by atoms with Gasteiger partial charge in [-0.25, -0.2) is 0 Å². The van der Waals surface area contributed by atoms with E-state index in [9.17, 15) is 9.59 Å². The molecule has 0 fully saturated rings. The SMILES string of the molecule is C=CN/C(=C\N)C(C=O)C(N)C=O. The van der Waals surface area contributed by atoms with Crippen molar-refractivity contribution < 1.29 is 9.59 Å². The van der Waals surface area contributed by atoms with Crippen LogP contribution in [0.4, 0.5) is 0 Å². The molecule has 13 heavy (non-hydrogen) atoms. The maximum atomic E-state index is 10.6. The fraction of sp³-hybridized carbons (Fsp3) is 0.250. The normalized spacial score (nSPS) is 15.6. The summed E-state index contributed by atoms with van der Waals surface area (Å²) in [5, 5.41) is 2.63. The van der Waals surface area contributed by atoms with E-state index >= 15 is 0 Å². The Balaban J connectivity index is 4.61. The van der Waals surface area contributed by atoms with Gasteiger partial charge >= 0.3 is 0 Å². The molecule has 5 nitrogen and oxygen atoms in total. The first-order valence-corrected chi connectivity index (χ1v) is 3.66. The van der Waals surface area contributed by atoms with E-state index in [4.69, 9.17) is 11.5 Å². The van der Waals surface area contributed by atoms with Crippen molar-refractivity contribution in [1.29, 1.82) is 0 Å². The van der Waals surface area contributed by atoms with Gasteiger partial charge in [-0.15, -0.1) is 0 Å². The summed E-state index contributed by atoms with van der Waals surface area (Å²) in [5.41, 5.74) is 11.0. The molecule has 0 aromatic rings. The molecule has 0 radical (unpaired) electrons. The van der Waals surface area contributed by atoms with E-state index in [0.717, 1.165) is 0 Å². The van der Waals surface area contributed by atoms with Crippen molar-refractivity contribution in [2.75, 3.05) is 0 Å². The second-order valence-electron chi connectivity index (χ2n) is 2.35. The predicted octanol–water partition coefficient (Wildman–Crippen LogP) is -1.14. The molecule has 0 spiro atoms. The van der Waals surface area contributed by atoms with Crippen molar-refractivity contribution in [2.45, 2.75) is 6.04 Å². The molecule has 0 heterocycles. The molecule has 0 saturated heterocycles. The Morgan fingerprint density at radius 1 is 1.38 bits per heavy atom. The van der Waals surface area contributed by atoms with Gasteiger partial charge in [0.15, 0.2) is 0 Å². The van der Waals surface area contributed by atoms with E-state index < -0.39 is 12.0 Å². The van der Waals surface area contributed by atoms with E-state index in [1.807, 2.05) is 0 Å². The molecule has 0 rings (SSSR count). The van der Waals surface area contributed by atoms with Gasteiger partial charge in [0.05, 0.1) is 12.0 Å². The highest BCUT2D eigenvalue weighted by Gasteiger charge is 2.20. The predicted molar refractivity (Wildman–Crippen MR) is 49.2 cm³/mol. The zero-order chi connectivity index (χ0) is 10.3. The summed E-state index contributed by atoms with van der Waals surface area (Å²) in [4.78, 5) is 20.9. The third-order valence-electron chi connectivity index (χ3n) is 1.53. The average Bonchev–Trinajstić information content (AvgIpc) is 2.17. The van der Waals surface area contributed by atoms with Gasteiger partial charge in [-0.05, 0) is 6.20 Å². The minimum absolute atomic E-state index is 0.365. The molecule has 5 N–H and O–H groups in total. The van der Waals surface area contributed by atoms with E-state index in [1.54, 1.807) is 0 Å². The van der Waals surface area contributed by atoms with E-state index in [-0.39, 0.29) is 0 Å². The van der Waals surface area contributed by atoms with Gasteiger partial charge in [-0.2, -0.15) is 0 Å². The maximum Gasteiger partial charge on any atom is 0.137 e. The summed E-state index contributed by atoms with van der Waals surface area (Å²) in [6.07, 6.45) is 3.60. The fourth-order valence-corrected chi connectivity index (χ4v) is 0.829. The smallest absolute Gasteiger partial charge is 0.137 e. The molecule has 0 saturated carbocycles. The van der Waals surface area contributed by atoms with Crippen molar-refractivity contribution in [1.82, 2.24) is 5.32 Å². The van der Waals surface area contributed by atoms with Crippen LogP contribution in [0, 0.1) is 5.92 Å². The average molecular weight is 183 g/mol. The van der Waals surface area contributed by atoms with Crippen LogP contribution in [0.15, 0.2) is 24.7 Å². The van der Waals surface area contributed by atoms with Crippen LogP contribution in [0.5, 0.6) is 0 Å². The molecular weight excluding hydrogens is 170 g/mol. The molecule has 0 bridgehead atoms. The van der Waals surface area contributed by atoms with Crippen molar-refractivity contribution in [3.63, 3.8) is 0 Å². The Labute approximate surface area is 76.5 Å². The molecule has 0 aromatic heterocycles. The lowest BCUT2D eigenvalue weighted by Crippen LogP contribution is -2.37. The molecule has 2 atom stereocenters. The lowest BCUT2D eigenvalue weighted by atomic mass is 10.00. The molecule has 72 valence electrons. The van der Waals surface area contributed by atoms with Gasteiger partial charge in [0.2, 0.25) is 0 Å². The Hall–Kier alpha value is -1.62. The lowest BCUT2D eigenvalue weighted by molar-refractivity contribution is -0.115. The summed E-state index contributed by atoms with van der Waals surface area (Å²) >= 11 is 0. The Bertz CT molecular complexity index is 225. The zero-order valence-electron chi connectivity index (χ0n) is 7.14. The van der Waals surface area contributed by atoms with Gasteiger partial charge < -0.3 is 26.4 Å². The van der Waals surface area contributed by atoms with Crippen LogP contribution in [0.25, 0.3) is 0 Å². The van der Waals surface area contributed by atoms with Crippen molar-refractivity contribution in [2.24, 2.45) is 17.4 Å². The molecule has 0 aromatic carbocycles. The number of nitrogens with one attached hydrogen (secondary N) is 1. The Morgan fingerprint density at radius 2 is 2.00 bits per heavy atom. The van der Waals surface area contributed by atoms with Crippen molar-refractivity contribution in [3.05, 3.63) is 24.7 Å². The largest absolute Gasteiger partial charge is 0.403 e. The lowest BCUT2D eigenvalue weighted by Gasteiger charge is -2.16. The first kappa shape index (κ1) is 11.4. The second kappa shape index (κ2) is 5.96. The number of hydrogen-bond donors (Lipinski definition) is 3. The zero-order valence-corrected chi connectivity index (χ0v) is 7.14. The van der Waals surface area contributed by atoms with Gasteiger partial charge in [0.1, 0.15) is 12.6 Å². The number of nitrogens with two attached hydrogens (primary N) is 2. The topological polar surface area (TPSA) is 98.2 Å². The quantitative estimate of drug-likeness (QED) is 0.452. The van der Waals surface area contributed by atoms with Crippen molar-refractivity contribution in [3.8, 4) is 0 Å². The second-order valence-corrected chi connectivity index (χ2v) is 2.35. The molecule has 2 unspecified atom stereocenters. The summed E-state index contributed by atoms with van der Waals surface area (Å²) in [6, 6.07) is -0.889. The van der Waals surface area contributed by atoms with Gasteiger partial charge in [-0.1, -0.05) is 6.58 Å². The Kier molecular flexibility index (Phi) is 5.22. The molecule has 0 aliphatic rings. The van der Waals surface area contributed by atoms with E-state index in [1.165, 1.54) is 12.4 Å². The van der Waals surface area contributed by atoms with Crippen LogP contribution in [0.3, 0.4) is 0 Å². The third kappa shape index (κ3) is 3.08. The standard InChI is InChI=1S/C8H13N3O2/c1-2-11-8(3-9)6(4-12)7(10)5-13/h2-7,11H,1,9-10H2/b8-3-. The fourth-order valence-electron chi connectivity index (χ4n) is 0.829. The molecule has 0 amide bonds. The summed E-state index contributed by atoms with van der Waals surface area (Å²) in [7, 11) is 0.